The van der Waals surface area contributed by atoms with E-state index in [1.807, 2.05) is 42.5 Å². The van der Waals surface area contributed by atoms with Crippen molar-refractivity contribution in [3.8, 4) is 0 Å². The van der Waals surface area contributed by atoms with Gasteiger partial charge < -0.3 is 10.2 Å². The van der Waals surface area contributed by atoms with Gasteiger partial charge in [0.1, 0.15) is 6.04 Å². The molecule has 7 nitrogen and oxygen atoms in total. The second-order valence-corrected chi connectivity index (χ2v) is 11.2. The molecule has 1 fully saturated rings. The number of imide groups is 1. The molecule has 0 aromatic heterocycles. The van der Waals surface area contributed by atoms with E-state index in [1.54, 1.807) is 41.3 Å². The van der Waals surface area contributed by atoms with Gasteiger partial charge in [0.15, 0.2) is 0 Å². The van der Waals surface area contributed by atoms with E-state index in [4.69, 9.17) is 11.6 Å². The second-order valence-electron chi connectivity index (χ2n) is 10.8. The van der Waals surface area contributed by atoms with E-state index >= 15 is 0 Å². The van der Waals surface area contributed by atoms with Gasteiger partial charge in [0.05, 0.1) is 11.1 Å². The SMILES string of the molecule is O=C(NC1CCCC1)C(Cc1ccccc1)N(Cc1ccc(Cl)cc1)C(=O)CCCN1C(=O)c2ccccc2C1=O. The normalized spacial score (nSPS) is 15.6. The largest absolute Gasteiger partial charge is 0.352 e. The third-order valence-electron chi connectivity index (χ3n) is 7.89. The number of carbonyl (C=O) groups is 4. The van der Waals surface area contributed by atoms with E-state index in [-0.39, 0.29) is 49.2 Å². The van der Waals surface area contributed by atoms with E-state index in [1.165, 1.54) is 4.90 Å². The van der Waals surface area contributed by atoms with Crippen LogP contribution in [0.2, 0.25) is 5.02 Å². The molecule has 41 heavy (non-hydrogen) atoms. The fraction of sp³-hybridized carbons (Fsp3) is 0.333. The Morgan fingerprint density at radius 3 is 2.10 bits per heavy atom. The number of nitrogens with one attached hydrogen (secondary N) is 1. The molecular formula is C33H34ClN3O4. The Kier molecular flexibility index (Phi) is 9.14. The smallest absolute Gasteiger partial charge is 0.261 e. The van der Waals surface area contributed by atoms with Crippen LogP contribution in [-0.4, -0.2) is 52.1 Å². The molecule has 1 aliphatic heterocycles. The van der Waals surface area contributed by atoms with Gasteiger partial charge in [-0.05, 0) is 54.7 Å². The van der Waals surface area contributed by atoms with Gasteiger partial charge >= 0.3 is 0 Å². The van der Waals surface area contributed by atoms with E-state index < -0.39 is 6.04 Å². The van der Waals surface area contributed by atoms with Crippen LogP contribution in [0.15, 0.2) is 78.9 Å². The van der Waals surface area contributed by atoms with Crippen LogP contribution in [0, 0.1) is 0 Å². The molecule has 8 heteroatoms. The molecule has 3 aromatic rings. The highest BCUT2D eigenvalue weighted by molar-refractivity contribution is 6.30. The Morgan fingerprint density at radius 2 is 1.46 bits per heavy atom. The van der Waals surface area contributed by atoms with Gasteiger partial charge in [0.25, 0.3) is 11.8 Å². The van der Waals surface area contributed by atoms with Crippen LogP contribution in [0.5, 0.6) is 0 Å². The molecule has 0 radical (unpaired) electrons. The lowest BCUT2D eigenvalue weighted by atomic mass is 10.0. The molecule has 4 amide bonds. The number of fused-ring (bicyclic) bond motifs is 1. The lowest BCUT2D eigenvalue weighted by Crippen LogP contribution is -2.52. The Balaban J connectivity index is 1.35. The quantitative estimate of drug-likeness (QED) is 0.312. The first-order chi connectivity index (χ1) is 19.9. The summed E-state index contributed by atoms with van der Waals surface area (Å²) in [5.41, 5.74) is 2.59. The van der Waals surface area contributed by atoms with Gasteiger partial charge in [-0.15, -0.1) is 0 Å². The number of nitrogens with zero attached hydrogens (tertiary/aromatic N) is 2. The van der Waals surface area contributed by atoms with Crippen molar-refractivity contribution in [3.05, 3.63) is 106 Å². The summed E-state index contributed by atoms with van der Waals surface area (Å²) in [5.74, 6) is -1.05. The number of rotatable bonds is 11. The number of hydrogen-bond acceptors (Lipinski definition) is 4. The van der Waals surface area contributed by atoms with Gasteiger partial charge in [0.2, 0.25) is 11.8 Å². The third kappa shape index (κ3) is 6.85. The molecule has 2 aliphatic rings. The number of amides is 4. The zero-order chi connectivity index (χ0) is 28.8. The Morgan fingerprint density at radius 1 is 0.854 bits per heavy atom. The van der Waals surface area contributed by atoms with Gasteiger partial charge in [-0.1, -0.05) is 79.0 Å². The van der Waals surface area contributed by atoms with Crippen LogP contribution in [-0.2, 0) is 22.6 Å². The molecule has 1 saturated carbocycles. The maximum atomic E-state index is 13.9. The van der Waals surface area contributed by atoms with Gasteiger partial charge in [-0.2, -0.15) is 0 Å². The Hall–Kier alpha value is -3.97. The standard InChI is InChI=1S/C33H34ClN3O4/c34-25-18-16-24(17-19-25)22-37(29(21-23-9-2-1-3-10-23)31(39)35-26-11-4-5-12-26)30(38)15-8-20-36-32(40)27-13-6-7-14-28(27)33(36)41/h1-3,6-7,9-10,13-14,16-19,26,29H,4-5,8,11-12,15,20-22H2,(H,35,39). The molecule has 1 N–H and O–H groups in total. The average molecular weight is 572 g/mol. The molecule has 1 heterocycles. The first kappa shape index (κ1) is 28.6. The fourth-order valence-corrected chi connectivity index (χ4v) is 5.81. The van der Waals surface area contributed by atoms with Gasteiger partial charge in [-0.3, -0.25) is 24.1 Å². The predicted molar refractivity (Wildman–Crippen MR) is 157 cm³/mol. The minimum atomic E-state index is -0.722. The summed E-state index contributed by atoms with van der Waals surface area (Å²) in [5, 5.41) is 3.79. The molecule has 0 bridgehead atoms. The minimum absolute atomic E-state index is 0.0863. The van der Waals surface area contributed by atoms with Crippen molar-refractivity contribution < 1.29 is 19.2 Å². The van der Waals surface area contributed by atoms with Crippen LogP contribution < -0.4 is 5.32 Å². The molecule has 3 aromatic carbocycles. The van der Waals surface area contributed by atoms with Crippen LogP contribution in [0.1, 0.15) is 70.4 Å². The molecule has 1 aliphatic carbocycles. The van der Waals surface area contributed by atoms with Crippen LogP contribution in [0.3, 0.4) is 0 Å². The zero-order valence-electron chi connectivity index (χ0n) is 22.9. The summed E-state index contributed by atoms with van der Waals surface area (Å²) >= 11 is 6.11. The van der Waals surface area contributed by atoms with Crippen molar-refractivity contribution >= 4 is 35.2 Å². The summed E-state index contributed by atoms with van der Waals surface area (Å²) < 4.78 is 0. The summed E-state index contributed by atoms with van der Waals surface area (Å²) in [6.45, 7) is 0.364. The second kappa shape index (κ2) is 13.1. The first-order valence-electron chi connectivity index (χ1n) is 14.2. The fourth-order valence-electron chi connectivity index (χ4n) is 5.68. The van der Waals surface area contributed by atoms with Crippen molar-refractivity contribution in [3.63, 3.8) is 0 Å². The van der Waals surface area contributed by atoms with E-state index in [2.05, 4.69) is 5.32 Å². The predicted octanol–water partition coefficient (Wildman–Crippen LogP) is 5.42. The summed E-state index contributed by atoms with van der Waals surface area (Å²) in [7, 11) is 0. The monoisotopic (exact) mass is 571 g/mol. The molecule has 0 spiro atoms. The summed E-state index contributed by atoms with van der Waals surface area (Å²) in [6.07, 6.45) is 4.80. The number of benzene rings is 3. The highest BCUT2D eigenvalue weighted by Gasteiger charge is 2.36. The minimum Gasteiger partial charge on any atom is -0.352 e. The summed E-state index contributed by atoms with van der Waals surface area (Å²) in [4.78, 5) is 56.1. The van der Waals surface area contributed by atoms with Crippen molar-refractivity contribution in [2.75, 3.05) is 6.54 Å². The lowest BCUT2D eigenvalue weighted by Gasteiger charge is -2.32. The van der Waals surface area contributed by atoms with Crippen LogP contribution in [0.4, 0.5) is 0 Å². The lowest BCUT2D eigenvalue weighted by molar-refractivity contribution is -0.141. The zero-order valence-corrected chi connectivity index (χ0v) is 23.7. The van der Waals surface area contributed by atoms with Crippen molar-refractivity contribution in [1.82, 2.24) is 15.1 Å². The Bertz CT molecular complexity index is 1370. The van der Waals surface area contributed by atoms with Crippen LogP contribution >= 0.6 is 11.6 Å². The topological polar surface area (TPSA) is 86.8 Å². The molecular weight excluding hydrogens is 538 g/mol. The van der Waals surface area contributed by atoms with E-state index in [0.717, 1.165) is 36.8 Å². The maximum Gasteiger partial charge on any atom is 0.261 e. The third-order valence-corrected chi connectivity index (χ3v) is 8.14. The molecule has 1 atom stereocenters. The Labute approximate surface area is 245 Å². The highest BCUT2D eigenvalue weighted by Crippen LogP contribution is 2.24. The van der Waals surface area contributed by atoms with Crippen molar-refractivity contribution in [1.29, 1.82) is 0 Å². The van der Waals surface area contributed by atoms with Crippen molar-refractivity contribution in [2.45, 2.75) is 63.6 Å². The molecule has 212 valence electrons. The average Bonchev–Trinajstić information content (AvgIpc) is 3.58. The number of halogens is 1. The molecule has 5 rings (SSSR count). The number of carbonyl (C=O) groups excluding carboxylic acids is 4. The summed E-state index contributed by atoms with van der Waals surface area (Å²) in [6, 6.07) is 23.1. The molecule has 0 saturated heterocycles. The van der Waals surface area contributed by atoms with Crippen molar-refractivity contribution in [2.24, 2.45) is 0 Å². The van der Waals surface area contributed by atoms with E-state index in [9.17, 15) is 19.2 Å². The highest BCUT2D eigenvalue weighted by atomic mass is 35.5. The first-order valence-corrected chi connectivity index (χ1v) is 14.6. The van der Waals surface area contributed by atoms with Gasteiger partial charge in [-0.25, -0.2) is 0 Å². The maximum absolute atomic E-state index is 13.9. The van der Waals surface area contributed by atoms with Gasteiger partial charge in [0, 0.05) is 37.0 Å². The number of hydrogen-bond donors (Lipinski definition) is 1. The van der Waals surface area contributed by atoms with E-state index in [0.29, 0.717) is 29.0 Å². The van der Waals surface area contributed by atoms with Crippen LogP contribution in [0.25, 0.3) is 0 Å². The molecule has 1 unspecified atom stereocenters.